The van der Waals surface area contributed by atoms with E-state index < -0.39 is 0 Å². The predicted molar refractivity (Wildman–Crippen MR) is 88.3 cm³/mol. The number of aromatic nitrogens is 1. The van der Waals surface area contributed by atoms with Crippen LogP contribution < -0.4 is 10.2 Å². The van der Waals surface area contributed by atoms with Gasteiger partial charge in [0.15, 0.2) is 0 Å². The molecule has 0 saturated carbocycles. The van der Waals surface area contributed by atoms with Gasteiger partial charge < -0.3 is 15.0 Å². The summed E-state index contributed by atoms with van der Waals surface area (Å²) in [5.41, 5.74) is 1.19. The Morgan fingerprint density at radius 1 is 1.32 bits per heavy atom. The number of rotatable bonds is 4. The molecule has 0 spiro atoms. The van der Waals surface area contributed by atoms with Gasteiger partial charge in [0.1, 0.15) is 5.82 Å². The number of amides is 1. The van der Waals surface area contributed by atoms with Gasteiger partial charge in [-0.2, -0.15) is 0 Å². The van der Waals surface area contributed by atoms with Crippen molar-refractivity contribution in [1.29, 1.82) is 0 Å². The van der Waals surface area contributed by atoms with Crippen molar-refractivity contribution in [2.75, 3.05) is 36.5 Å². The molecule has 0 bridgehead atoms. The quantitative estimate of drug-likeness (QED) is 0.943. The van der Waals surface area contributed by atoms with Crippen LogP contribution in [-0.4, -0.2) is 37.2 Å². The maximum Gasteiger partial charge on any atom is 0.225 e. The molecule has 22 heavy (non-hydrogen) atoms. The first kappa shape index (κ1) is 14.8. The van der Waals surface area contributed by atoms with E-state index in [1.807, 2.05) is 19.1 Å². The number of nitrogens with one attached hydrogen (secondary N) is 1. The highest BCUT2D eigenvalue weighted by Gasteiger charge is 2.13. The number of carbonyl (C=O) groups excluding carboxylic acids is 1. The van der Waals surface area contributed by atoms with Crippen LogP contribution in [0.15, 0.2) is 30.5 Å². The van der Waals surface area contributed by atoms with Crippen LogP contribution in [0.4, 0.5) is 11.5 Å². The molecule has 1 aromatic carbocycles. The summed E-state index contributed by atoms with van der Waals surface area (Å²) in [7, 11) is 0. The molecule has 1 aliphatic rings. The lowest BCUT2D eigenvalue weighted by molar-refractivity contribution is -0.116. The van der Waals surface area contributed by atoms with Crippen LogP contribution in [0, 0.1) is 0 Å². The molecule has 2 aromatic rings. The number of hydrogen-bond donors (Lipinski definition) is 1. The molecule has 116 valence electrons. The van der Waals surface area contributed by atoms with E-state index in [9.17, 15) is 4.79 Å². The predicted octanol–water partition coefficient (Wildman–Crippen LogP) is 2.81. The first-order valence-electron chi connectivity index (χ1n) is 7.79. The average Bonchev–Trinajstić information content (AvgIpc) is 2.56. The van der Waals surface area contributed by atoms with E-state index in [1.54, 1.807) is 6.20 Å². The van der Waals surface area contributed by atoms with E-state index >= 15 is 0 Å². The number of benzene rings is 1. The highest BCUT2D eigenvalue weighted by atomic mass is 16.5. The van der Waals surface area contributed by atoms with Gasteiger partial charge in [0.05, 0.1) is 13.2 Å². The number of fused-ring (bicyclic) bond motifs is 1. The molecular formula is C17H21N3O2. The Morgan fingerprint density at radius 2 is 2.14 bits per heavy atom. The molecule has 1 amide bonds. The average molecular weight is 299 g/mol. The molecule has 2 heterocycles. The summed E-state index contributed by atoms with van der Waals surface area (Å²) in [5, 5.41) is 4.97. The Labute approximate surface area is 130 Å². The molecule has 0 radical (unpaired) electrons. The third-order valence-corrected chi connectivity index (χ3v) is 3.86. The number of pyridine rings is 1. The van der Waals surface area contributed by atoms with Crippen molar-refractivity contribution in [1.82, 2.24) is 4.98 Å². The molecule has 0 atom stereocenters. The smallest absolute Gasteiger partial charge is 0.225 e. The Kier molecular flexibility index (Phi) is 4.53. The second kappa shape index (κ2) is 6.75. The van der Waals surface area contributed by atoms with E-state index in [-0.39, 0.29) is 5.91 Å². The fourth-order valence-electron chi connectivity index (χ4n) is 2.70. The Hall–Kier alpha value is -2.14. The van der Waals surface area contributed by atoms with Crippen molar-refractivity contribution in [2.24, 2.45) is 0 Å². The first-order chi connectivity index (χ1) is 10.8. The first-order valence-corrected chi connectivity index (χ1v) is 7.79. The second-order valence-electron chi connectivity index (χ2n) is 5.46. The Balaban J connectivity index is 1.88. The Morgan fingerprint density at radius 3 is 2.91 bits per heavy atom. The fourth-order valence-corrected chi connectivity index (χ4v) is 2.70. The molecule has 3 rings (SSSR count). The zero-order valence-electron chi connectivity index (χ0n) is 12.8. The lowest BCUT2D eigenvalue weighted by atomic mass is 10.1. The topological polar surface area (TPSA) is 54.5 Å². The lowest BCUT2D eigenvalue weighted by Crippen LogP contribution is -2.36. The van der Waals surface area contributed by atoms with E-state index in [0.29, 0.717) is 12.2 Å². The van der Waals surface area contributed by atoms with Gasteiger partial charge in [-0.15, -0.1) is 0 Å². The third kappa shape index (κ3) is 3.20. The number of nitrogens with zero attached hydrogens (tertiary/aromatic N) is 2. The van der Waals surface area contributed by atoms with E-state index in [1.165, 1.54) is 5.69 Å². The van der Waals surface area contributed by atoms with Crippen molar-refractivity contribution in [2.45, 2.75) is 19.8 Å². The second-order valence-corrected chi connectivity index (χ2v) is 5.46. The highest BCUT2D eigenvalue weighted by molar-refractivity contribution is 6.01. The maximum absolute atomic E-state index is 11.8. The van der Waals surface area contributed by atoms with Crippen molar-refractivity contribution in [3.05, 3.63) is 30.5 Å². The molecule has 1 saturated heterocycles. The van der Waals surface area contributed by atoms with Crippen molar-refractivity contribution in [3.8, 4) is 0 Å². The van der Waals surface area contributed by atoms with Crippen LogP contribution in [0.1, 0.15) is 19.8 Å². The molecule has 1 N–H and O–H groups in total. The van der Waals surface area contributed by atoms with Gasteiger partial charge >= 0.3 is 0 Å². The number of hydrogen-bond acceptors (Lipinski definition) is 4. The number of morpholine rings is 1. The maximum atomic E-state index is 11.8. The SMILES string of the molecule is CCCC(=O)Nc1nccc2cc(N3CCOCC3)ccc12. The Bertz CT molecular complexity index is 666. The standard InChI is InChI=1S/C17H21N3O2/c1-2-3-16(21)19-17-15-5-4-14(12-13(15)6-7-18-17)20-8-10-22-11-9-20/h4-7,12H,2-3,8-11H2,1H3,(H,18,19,21). The van der Waals surface area contributed by atoms with Gasteiger partial charge in [0.2, 0.25) is 5.91 Å². The summed E-state index contributed by atoms with van der Waals surface area (Å²) in [6, 6.07) is 8.26. The lowest BCUT2D eigenvalue weighted by Gasteiger charge is -2.29. The minimum Gasteiger partial charge on any atom is -0.378 e. The van der Waals surface area contributed by atoms with E-state index in [2.05, 4.69) is 27.3 Å². The van der Waals surface area contributed by atoms with Gasteiger partial charge in [0, 0.05) is 36.8 Å². The number of anilines is 2. The van der Waals surface area contributed by atoms with Crippen molar-refractivity contribution >= 4 is 28.2 Å². The zero-order chi connectivity index (χ0) is 15.4. The van der Waals surface area contributed by atoms with Gasteiger partial charge in [-0.3, -0.25) is 4.79 Å². The molecule has 0 aliphatic carbocycles. The number of carbonyl (C=O) groups is 1. The van der Waals surface area contributed by atoms with Crippen LogP contribution >= 0.6 is 0 Å². The van der Waals surface area contributed by atoms with Crippen LogP contribution in [0.2, 0.25) is 0 Å². The van der Waals surface area contributed by atoms with E-state index in [0.717, 1.165) is 43.5 Å². The third-order valence-electron chi connectivity index (χ3n) is 3.86. The fraction of sp³-hybridized carbons (Fsp3) is 0.412. The summed E-state index contributed by atoms with van der Waals surface area (Å²) >= 11 is 0. The monoisotopic (exact) mass is 299 g/mol. The number of ether oxygens (including phenoxy) is 1. The summed E-state index contributed by atoms with van der Waals surface area (Å²) in [6.45, 7) is 5.36. The molecule has 1 fully saturated rings. The van der Waals surface area contributed by atoms with Crippen LogP contribution in [0.3, 0.4) is 0 Å². The zero-order valence-corrected chi connectivity index (χ0v) is 12.8. The van der Waals surface area contributed by atoms with Crippen molar-refractivity contribution in [3.63, 3.8) is 0 Å². The van der Waals surface area contributed by atoms with Crippen LogP contribution in [-0.2, 0) is 9.53 Å². The summed E-state index contributed by atoms with van der Waals surface area (Å²) < 4.78 is 5.40. The van der Waals surface area contributed by atoms with Gasteiger partial charge in [-0.05, 0) is 36.1 Å². The van der Waals surface area contributed by atoms with Gasteiger partial charge in [-0.1, -0.05) is 6.92 Å². The van der Waals surface area contributed by atoms with Gasteiger partial charge in [0.25, 0.3) is 0 Å². The molecule has 0 unspecified atom stereocenters. The molecule has 1 aliphatic heterocycles. The van der Waals surface area contributed by atoms with Crippen LogP contribution in [0.5, 0.6) is 0 Å². The normalized spacial score (nSPS) is 15.0. The van der Waals surface area contributed by atoms with E-state index in [4.69, 9.17) is 4.74 Å². The summed E-state index contributed by atoms with van der Waals surface area (Å²) in [6.07, 6.45) is 3.09. The molecule has 5 nitrogen and oxygen atoms in total. The molecule has 1 aromatic heterocycles. The van der Waals surface area contributed by atoms with Crippen LogP contribution in [0.25, 0.3) is 10.8 Å². The van der Waals surface area contributed by atoms with Gasteiger partial charge in [-0.25, -0.2) is 4.98 Å². The van der Waals surface area contributed by atoms with Crippen molar-refractivity contribution < 1.29 is 9.53 Å². The minimum absolute atomic E-state index is 0.0137. The summed E-state index contributed by atoms with van der Waals surface area (Å²) in [5.74, 6) is 0.657. The summed E-state index contributed by atoms with van der Waals surface area (Å²) in [4.78, 5) is 18.4. The molecule has 5 heteroatoms. The minimum atomic E-state index is 0.0137. The largest absolute Gasteiger partial charge is 0.378 e. The molecular weight excluding hydrogens is 278 g/mol. The highest BCUT2D eigenvalue weighted by Crippen LogP contribution is 2.26.